The highest BCUT2D eigenvalue weighted by Crippen LogP contribution is 2.31. The molecule has 5 nitrogen and oxygen atoms in total. The van der Waals surface area contributed by atoms with Crippen LogP contribution in [0.15, 0.2) is 35.1 Å². The fraction of sp³-hybridized carbons (Fsp3) is 0.143. The number of ether oxygens (including phenoxy) is 2. The molecule has 1 aromatic carbocycles. The molecule has 6 heteroatoms. The fourth-order valence-corrected chi connectivity index (χ4v) is 2.01. The predicted octanol–water partition coefficient (Wildman–Crippen LogP) is 1.69. The summed E-state index contributed by atoms with van der Waals surface area (Å²) < 4.78 is 10.5. The molecule has 0 saturated heterocycles. The van der Waals surface area contributed by atoms with Crippen molar-refractivity contribution in [2.24, 2.45) is 5.73 Å². The van der Waals surface area contributed by atoms with Crippen LogP contribution in [0.1, 0.15) is 5.56 Å². The average molecular weight is 290 g/mol. The summed E-state index contributed by atoms with van der Waals surface area (Å²) in [6.07, 6.45) is 0. The summed E-state index contributed by atoms with van der Waals surface area (Å²) in [4.78, 5) is 14.7. The SMILES string of the molecule is COc1ccc(OC)c(-c2ccc(C(N)=S)c(=O)[nH]2)c1. The number of rotatable bonds is 4. The van der Waals surface area contributed by atoms with Crippen molar-refractivity contribution >= 4 is 17.2 Å². The molecule has 0 bridgehead atoms. The van der Waals surface area contributed by atoms with Crippen LogP contribution >= 0.6 is 12.2 Å². The van der Waals surface area contributed by atoms with E-state index in [-0.39, 0.29) is 16.1 Å². The van der Waals surface area contributed by atoms with Crippen molar-refractivity contribution in [3.05, 3.63) is 46.2 Å². The van der Waals surface area contributed by atoms with Gasteiger partial charge in [0.15, 0.2) is 0 Å². The molecule has 0 aliphatic rings. The van der Waals surface area contributed by atoms with E-state index in [1.54, 1.807) is 44.6 Å². The van der Waals surface area contributed by atoms with Gasteiger partial charge in [0.2, 0.25) is 0 Å². The molecule has 104 valence electrons. The van der Waals surface area contributed by atoms with E-state index in [1.165, 1.54) is 0 Å². The normalized spacial score (nSPS) is 10.1. The standard InChI is InChI=1S/C14H14N2O3S/c1-18-8-3-6-12(19-2)10(7-8)11-5-4-9(13(15)20)14(17)16-11/h3-7H,1-2H3,(H2,15,20)(H,16,17). The van der Waals surface area contributed by atoms with E-state index in [9.17, 15) is 4.79 Å². The van der Waals surface area contributed by atoms with Crippen LogP contribution in [-0.4, -0.2) is 24.2 Å². The van der Waals surface area contributed by atoms with Crippen LogP contribution in [0.25, 0.3) is 11.3 Å². The first-order valence-corrected chi connectivity index (χ1v) is 6.23. The Morgan fingerprint density at radius 2 is 1.95 bits per heavy atom. The van der Waals surface area contributed by atoms with Gasteiger partial charge in [-0.3, -0.25) is 4.79 Å². The molecule has 2 aromatic rings. The van der Waals surface area contributed by atoms with E-state index in [1.807, 2.05) is 0 Å². The lowest BCUT2D eigenvalue weighted by Crippen LogP contribution is -2.22. The molecule has 0 unspecified atom stereocenters. The molecule has 0 saturated carbocycles. The summed E-state index contributed by atoms with van der Waals surface area (Å²) in [5, 5.41) is 0. The van der Waals surface area contributed by atoms with Crippen molar-refractivity contribution in [2.75, 3.05) is 14.2 Å². The fourth-order valence-electron chi connectivity index (χ4n) is 1.85. The number of pyridine rings is 1. The zero-order valence-electron chi connectivity index (χ0n) is 11.1. The maximum atomic E-state index is 11.9. The number of hydrogen-bond acceptors (Lipinski definition) is 4. The van der Waals surface area contributed by atoms with Crippen molar-refractivity contribution < 1.29 is 9.47 Å². The maximum absolute atomic E-state index is 11.9. The Balaban J connectivity index is 2.59. The van der Waals surface area contributed by atoms with E-state index in [2.05, 4.69) is 4.98 Å². The van der Waals surface area contributed by atoms with E-state index in [4.69, 9.17) is 27.4 Å². The van der Waals surface area contributed by atoms with Gasteiger partial charge in [-0.25, -0.2) is 0 Å². The van der Waals surface area contributed by atoms with Crippen molar-refractivity contribution in [3.8, 4) is 22.8 Å². The second-order valence-electron chi connectivity index (χ2n) is 4.05. The molecule has 1 aromatic heterocycles. The summed E-state index contributed by atoms with van der Waals surface area (Å²) >= 11 is 4.81. The number of nitrogens with two attached hydrogens (primary N) is 1. The molecule has 2 rings (SSSR count). The van der Waals surface area contributed by atoms with Crippen LogP contribution in [0.3, 0.4) is 0 Å². The largest absolute Gasteiger partial charge is 0.497 e. The lowest BCUT2D eigenvalue weighted by Gasteiger charge is -2.10. The van der Waals surface area contributed by atoms with E-state index in [0.29, 0.717) is 17.2 Å². The Kier molecular flexibility index (Phi) is 4.05. The number of thiocarbonyl (C=S) groups is 1. The summed E-state index contributed by atoms with van der Waals surface area (Å²) in [6.45, 7) is 0. The number of aromatic amines is 1. The second-order valence-corrected chi connectivity index (χ2v) is 4.49. The summed E-state index contributed by atoms with van der Waals surface area (Å²) in [5.41, 5.74) is 6.74. The van der Waals surface area contributed by atoms with Gasteiger partial charge in [-0.2, -0.15) is 0 Å². The lowest BCUT2D eigenvalue weighted by molar-refractivity contribution is 0.404. The van der Waals surface area contributed by atoms with Crippen molar-refractivity contribution in [1.29, 1.82) is 0 Å². The number of aromatic nitrogens is 1. The van der Waals surface area contributed by atoms with Crippen molar-refractivity contribution in [1.82, 2.24) is 4.98 Å². The predicted molar refractivity (Wildman–Crippen MR) is 81.5 cm³/mol. The van der Waals surface area contributed by atoms with Gasteiger partial charge >= 0.3 is 0 Å². The Labute approximate surface area is 121 Å². The lowest BCUT2D eigenvalue weighted by atomic mass is 10.1. The first-order chi connectivity index (χ1) is 9.56. The molecule has 0 amide bonds. The number of benzene rings is 1. The van der Waals surface area contributed by atoms with E-state index < -0.39 is 0 Å². The molecule has 0 aliphatic heterocycles. The third-order valence-corrected chi connectivity index (χ3v) is 3.09. The van der Waals surface area contributed by atoms with E-state index in [0.717, 1.165) is 5.56 Å². The minimum atomic E-state index is -0.333. The van der Waals surface area contributed by atoms with Gasteiger partial charge in [0.05, 0.1) is 25.5 Å². The van der Waals surface area contributed by atoms with Gasteiger partial charge in [-0.05, 0) is 30.3 Å². The quantitative estimate of drug-likeness (QED) is 0.838. The first-order valence-electron chi connectivity index (χ1n) is 5.82. The van der Waals surface area contributed by atoms with Gasteiger partial charge in [0, 0.05) is 5.56 Å². The average Bonchev–Trinajstić information content (AvgIpc) is 2.46. The number of methoxy groups -OCH3 is 2. The molecule has 0 fully saturated rings. The maximum Gasteiger partial charge on any atom is 0.258 e. The molecular weight excluding hydrogens is 276 g/mol. The summed E-state index contributed by atoms with van der Waals surface area (Å²) in [6, 6.07) is 8.66. The molecule has 0 radical (unpaired) electrons. The summed E-state index contributed by atoms with van der Waals surface area (Å²) in [5.74, 6) is 1.30. The Bertz CT molecular complexity index is 710. The van der Waals surface area contributed by atoms with Gasteiger partial charge in [-0.15, -0.1) is 0 Å². The van der Waals surface area contributed by atoms with E-state index >= 15 is 0 Å². The molecule has 1 heterocycles. The number of hydrogen-bond donors (Lipinski definition) is 2. The van der Waals surface area contributed by atoms with Crippen LogP contribution in [0.2, 0.25) is 0 Å². The molecule has 0 spiro atoms. The highest BCUT2D eigenvalue weighted by Gasteiger charge is 2.10. The smallest absolute Gasteiger partial charge is 0.258 e. The van der Waals surface area contributed by atoms with Gasteiger partial charge in [0.25, 0.3) is 5.56 Å². The zero-order valence-corrected chi connectivity index (χ0v) is 11.9. The molecular formula is C14H14N2O3S. The zero-order chi connectivity index (χ0) is 14.7. The van der Waals surface area contributed by atoms with Gasteiger partial charge in [0.1, 0.15) is 16.5 Å². The Morgan fingerprint density at radius 3 is 2.50 bits per heavy atom. The third kappa shape index (κ3) is 2.65. The van der Waals surface area contributed by atoms with Crippen molar-refractivity contribution in [2.45, 2.75) is 0 Å². The topological polar surface area (TPSA) is 77.3 Å². The minimum absolute atomic E-state index is 0.0652. The van der Waals surface area contributed by atoms with Crippen LogP contribution in [-0.2, 0) is 0 Å². The van der Waals surface area contributed by atoms with Crippen molar-refractivity contribution in [3.63, 3.8) is 0 Å². The first kappa shape index (κ1) is 14.1. The van der Waals surface area contributed by atoms with Crippen LogP contribution in [0.5, 0.6) is 11.5 Å². The van der Waals surface area contributed by atoms with Gasteiger partial charge < -0.3 is 20.2 Å². The monoisotopic (exact) mass is 290 g/mol. The highest BCUT2D eigenvalue weighted by molar-refractivity contribution is 7.80. The van der Waals surface area contributed by atoms with Crippen LogP contribution in [0.4, 0.5) is 0 Å². The second kappa shape index (κ2) is 5.75. The number of nitrogens with one attached hydrogen (secondary N) is 1. The minimum Gasteiger partial charge on any atom is -0.497 e. The van der Waals surface area contributed by atoms with Crippen LogP contribution < -0.4 is 20.8 Å². The summed E-state index contributed by atoms with van der Waals surface area (Å²) in [7, 11) is 3.14. The Morgan fingerprint density at radius 1 is 1.20 bits per heavy atom. The van der Waals surface area contributed by atoms with Crippen LogP contribution in [0, 0.1) is 0 Å². The molecule has 0 aliphatic carbocycles. The highest BCUT2D eigenvalue weighted by atomic mass is 32.1. The Hall–Kier alpha value is -2.34. The number of H-pyrrole nitrogens is 1. The third-order valence-electron chi connectivity index (χ3n) is 2.87. The molecule has 3 N–H and O–H groups in total. The molecule has 0 atom stereocenters. The molecule has 20 heavy (non-hydrogen) atoms. The van der Waals surface area contributed by atoms with Gasteiger partial charge in [-0.1, -0.05) is 12.2 Å².